The molecule has 0 aliphatic rings. The highest BCUT2D eigenvalue weighted by molar-refractivity contribution is 5.67. The third kappa shape index (κ3) is 6.56. The molecule has 0 aliphatic carbocycles. The van der Waals surface area contributed by atoms with E-state index < -0.39 is 5.97 Å². The first-order chi connectivity index (χ1) is 8.11. The Morgan fingerprint density at radius 2 is 2.12 bits per heavy atom. The minimum Gasteiger partial charge on any atom is -0.481 e. The average molecular weight is 239 g/mol. The van der Waals surface area contributed by atoms with Crippen LogP contribution in [0.25, 0.3) is 0 Å². The van der Waals surface area contributed by atoms with Gasteiger partial charge in [-0.1, -0.05) is 26.8 Å². The van der Waals surface area contributed by atoms with Crippen LogP contribution in [0, 0.1) is 5.92 Å². The topological polar surface area (TPSA) is 59.4 Å². The van der Waals surface area contributed by atoms with E-state index in [1.54, 1.807) is 19.4 Å². The molecular formula is C13H21NO3. The van der Waals surface area contributed by atoms with Crippen LogP contribution >= 0.6 is 0 Å². The summed E-state index contributed by atoms with van der Waals surface area (Å²) in [5, 5.41) is 8.61. The molecule has 17 heavy (non-hydrogen) atoms. The molecule has 0 bridgehead atoms. The number of hydrogen-bond donors (Lipinski definition) is 1. The standard InChI is InChI=1S/C11H15NO3.C2H6/c1-8(6-11(13)14)5-9-3-4-10(15-2)12-7-9;1-2/h3-4,7-8H,5-6H2,1-2H3,(H,13,14);1-2H3. The number of carbonyl (C=O) groups is 1. The zero-order valence-corrected chi connectivity index (χ0v) is 10.9. The zero-order chi connectivity index (χ0) is 13.3. The van der Waals surface area contributed by atoms with Crippen molar-refractivity contribution in [3.8, 4) is 5.88 Å². The molecule has 0 fully saturated rings. The molecule has 4 nitrogen and oxygen atoms in total. The van der Waals surface area contributed by atoms with Gasteiger partial charge < -0.3 is 9.84 Å². The van der Waals surface area contributed by atoms with Gasteiger partial charge in [0.1, 0.15) is 0 Å². The van der Waals surface area contributed by atoms with E-state index in [1.807, 2.05) is 26.8 Å². The highest BCUT2D eigenvalue weighted by Crippen LogP contribution is 2.13. The number of aliphatic carboxylic acids is 1. The van der Waals surface area contributed by atoms with Gasteiger partial charge in [0.15, 0.2) is 0 Å². The van der Waals surface area contributed by atoms with Crippen LogP contribution in [0.4, 0.5) is 0 Å². The summed E-state index contributed by atoms with van der Waals surface area (Å²) in [4.78, 5) is 14.5. The van der Waals surface area contributed by atoms with Crippen LogP contribution in [0.15, 0.2) is 18.3 Å². The fraction of sp³-hybridized carbons (Fsp3) is 0.538. The Hall–Kier alpha value is -1.58. The number of rotatable bonds is 5. The van der Waals surface area contributed by atoms with Crippen molar-refractivity contribution in [3.05, 3.63) is 23.9 Å². The molecule has 0 spiro atoms. The summed E-state index contributed by atoms with van der Waals surface area (Å²) >= 11 is 0. The summed E-state index contributed by atoms with van der Waals surface area (Å²) in [5.74, 6) is -0.0636. The Morgan fingerprint density at radius 3 is 2.53 bits per heavy atom. The van der Waals surface area contributed by atoms with Crippen molar-refractivity contribution in [2.45, 2.75) is 33.6 Å². The first kappa shape index (κ1) is 15.4. The van der Waals surface area contributed by atoms with E-state index in [1.165, 1.54) is 0 Å². The van der Waals surface area contributed by atoms with E-state index in [4.69, 9.17) is 9.84 Å². The van der Waals surface area contributed by atoms with Gasteiger partial charge in [-0.15, -0.1) is 0 Å². The summed E-state index contributed by atoms with van der Waals surface area (Å²) in [7, 11) is 1.56. The number of methoxy groups -OCH3 is 1. The minimum absolute atomic E-state index is 0.123. The molecular weight excluding hydrogens is 218 g/mol. The van der Waals surface area contributed by atoms with Crippen molar-refractivity contribution in [1.29, 1.82) is 0 Å². The van der Waals surface area contributed by atoms with E-state index >= 15 is 0 Å². The van der Waals surface area contributed by atoms with Gasteiger partial charge in [-0.3, -0.25) is 4.79 Å². The van der Waals surface area contributed by atoms with E-state index in [2.05, 4.69) is 4.98 Å². The second-order valence-corrected chi connectivity index (χ2v) is 3.62. The van der Waals surface area contributed by atoms with Crippen molar-refractivity contribution < 1.29 is 14.6 Å². The molecule has 1 aromatic rings. The van der Waals surface area contributed by atoms with Gasteiger partial charge >= 0.3 is 5.97 Å². The fourth-order valence-electron chi connectivity index (χ4n) is 1.43. The first-order valence-electron chi connectivity index (χ1n) is 5.82. The zero-order valence-electron chi connectivity index (χ0n) is 10.9. The second-order valence-electron chi connectivity index (χ2n) is 3.62. The second kappa shape index (κ2) is 8.56. The highest BCUT2D eigenvalue weighted by atomic mass is 16.5. The van der Waals surface area contributed by atoms with E-state index in [0.29, 0.717) is 5.88 Å². The summed E-state index contributed by atoms with van der Waals surface area (Å²) in [6.07, 6.45) is 2.63. The Kier molecular flexibility index (Phi) is 7.76. The molecule has 1 atom stereocenters. The Balaban J connectivity index is 0.00000121. The van der Waals surface area contributed by atoms with Crippen LogP contribution < -0.4 is 4.74 Å². The SMILES string of the molecule is CC.COc1ccc(CC(C)CC(=O)O)cn1. The number of aromatic nitrogens is 1. The quantitative estimate of drug-likeness (QED) is 0.858. The lowest BCUT2D eigenvalue weighted by Gasteiger charge is -2.08. The summed E-state index contributed by atoms with van der Waals surface area (Å²) in [6.45, 7) is 5.92. The van der Waals surface area contributed by atoms with Crippen LogP contribution in [0.2, 0.25) is 0 Å². The predicted octanol–water partition coefficient (Wildman–Crippen LogP) is 2.77. The lowest BCUT2D eigenvalue weighted by molar-refractivity contribution is -0.137. The minimum atomic E-state index is -0.760. The van der Waals surface area contributed by atoms with Gasteiger partial charge in [-0.05, 0) is 17.9 Å². The van der Waals surface area contributed by atoms with Gasteiger partial charge in [0, 0.05) is 18.7 Å². The molecule has 0 aliphatic heterocycles. The normalized spacial score (nSPS) is 11.1. The number of nitrogens with zero attached hydrogens (tertiary/aromatic N) is 1. The van der Waals surface area contributed by atoms with Gasteiger partial charge in [-0.2, -0.15) is 0 Å². The van der Waals surface area contributed by atoms with Crippen LogP contribution in [0.3, 0.4) is 0 Å². The Labute approximate surface area is 103 Å². The molecule has 1 N–H and O–H groups in total. The van der Waals surface area contributed by atoms with Crippen LogP contribution in [0.5, 0.6) is 5.88 Å². The highest BCUT2D eigenvalue weighted by Gasteiger charge is 2.08. The van der Waals surface area contributed by atoms with E-state index in [9.17, 15) is 4.79 Å². The van der Waals surface area contributed by atoms with Crippen LogP contribution in [-0.4, -0.2) is 23.2 Å². The third-order valence-electron chi connectivity index (χ3n) is 2.11. The Bertz CT molecular complexity index is 322. The van der Waals surface area contributed by atoms with Crippen LogP contribution in [-0.2, 0) is 11.2 Å². The number of carboxylic acids is 1. The molecule has 0 saturated heterocycles. The average Bonchev–Trinajstić information content (AvgIpc) is 2.31. The van der Waals surface area contributed by atoms with Crippen molar-refractivity contribution in [2.75, 3.05) is 7.11 Å². The Morgan fingerprint density at radius 1 is 1.47 bits per heavy atom. The molecule has 4 heteroatoms. The molecule has 1 heterocycles. The monoisotopic (exact) mass is 239 g/mol. The van der Waals surface area contributed by atoms with Crippen molar-refractivity contribution >= 4 is 5.97 Å². The van der Waals surface area contributed by atoms with Crippen molar-refractivity contribution in [3.63, 3.8) is 0 Å². The summed E-state index contributed by atoms with van der Waals surface area (Å²) in [5.41, 5.74) is 1.03. The number of ether oxygens (including phenoxy) is 1. The lowest BCUT2D eigenvalue weighted by atomic mass is 9.99. The van der Waals surface area contributed by atoms with Crippen LogP contribution in [0.1, 0.15) is 32.8 Å². The molecule has 1 unspecified atom stereocenters. The maximum absolute atomic E-state index is 10.5. The van der Waals surface area contributed by atoms with Gasteiger partial charge in [0.2, 0.25) is 5.88 Å². The largest absolute Gasteiger partial charge is 0.481 e. The maximum atomic E-state index is 10.5. The molecule has 0 aromatic carbocycles. The van der Waals surface area contributed by atoms with Gasteiger partial charge in [0.05, 0.1) is 7.11 Å². The van der Waals surface area contributed by atoms with Crippen molar-refractivity contribution in [1.82, 2.24) is 4.98 Å². The molecule has 0 amide bonds. The summed E-state index contributed by atoms with van der Waals surface area (Å²) < 4.78 is 4.93. The van der Waals surface area contributed by atoms with E-state index in [0.717, 1.165) is 12.0 Å². The lowest BCUT2D eigenvalue weighted by Crippen LogP contribution is -2.07. The van der Waals surface area contributed by atoms with Gasteiger partial charge in [-0.25, -0.2) is 4.98 Å². The van der Waals surface area contributed by atoms with Gasteiger partial charge in [0.25, 0.3) is 0 Å². The van der Waals surface area contributed by atoms with Crippen molar-refractivity contribution in [2.24, 2.45) is 5.92 Å². The summed E-state index contributed by atoms with van der Waals surface area (Å²) in [6, 6.07) is 3.69. The predicted molar refractivity (Wildman–Crippen MR) is 67.3 cm³/mol. The number of hydrogen-bond acceptors (Lipinski definition) is 3. The molecule has 0 radical (unpaired) electrons. The maximum Gasteiger partial charge on any atom is 0.303 e. The fourth-order valence-corrected chi connectivity index (χ4v) is 1.43. The third-order valence-corrected chi connectivity index (χ3v) is 2.11. The number of pyridine rings is 1. The molecule has 96 valence electrons. The molecule has 1 aromatic heterocycles. The number of carboxylic acid groups (broad SMARTS) is 1. The molecule has 1 rings (SSSR count). The first-order valence-corrected chi connectivity index (χ1v) is 5.82. The van der Waals surface area contributed by atoms with E-state index in [-0.39, 0.29) is 12.3 Å². The smallest absolute Gasteiger partial charge is 0.303 e. The molecule has 0 saturated carbocycles.